The number of halogens is 2. The molecule has 0 unspecified atom stereocenters. The van der Waals surface area contributed by atoms with Crippen molar-refractivity contribution in [1.82, 2.24) is 10.2 Å². The van der Waals surface area contributed by atoms with E-state index in [1.165, 1.54) is 16.7 Å². The van der Waals surface area contributed by atoms with Gasteiger partial charge in [0.05, 0.1) is 7.11 Å². The molecule has 4 nitrogen and oxygen atoms in total. The van der Waals surface area contributed by atoms with Crippen LogP contribution in [0.5, 0.6) is 11.5 Å². The fourth-order valence-electron chi connectivity index (χ4n) is 3.07. The Morgan fingerprint density at radius 1 is 0.966 bits per heavy atom. The van der Waals surface area contributed by atoms with Crippen LogP contribution in [0, 0.1) is 6.92 Å². The summed E-state index contributed by atoms with van der Waals surface area (Å²) >= 11 is 0. The second-order valence-electron chi connectivity index (χ2n) is 6.76. The highest BCUT2D eigenvalue weighted by Crippen LogP contribution is 2.29. The molecule has 29 heavy (non-hydrogen) atoms. The van der Waals surface area contributed by atoms with Crippen LogP contribution in [0.25, 0.3) is 0 Å². The molecule has 2 rings (SSSR count). The van der Waals surface area contributed by atoms with Gasteiger partial charge in [-0.1, -0.05) is 44.2 Å². The van der Waals surface area contributed by atoms with Crippen molar-refractivity contribution < 1.29 is 9.47 Å². The van der Waals surface area contributed by atoms with Crippen molar-refractivity contribution in [1.29, 1.82) is 0 Å². The SMILES string of the molecule is CCN(CC)CCCNCc1ccc(OCc2ccccc2C)c(OC)c1.Cl.Cl. The number of benzene rings is 2. The van der Waals surface area contributed by atoms with Gasteiger partial charge in [-0.2, -0.15) is 0 Å². The van der Waals surface area contributed by atoms with Gasteiger partial charge in [0.2, 0.25) is 0 Å². The number of ether oxygens (including phenoxy) is 2. The minimum atomic E-state index is 0. The van der Waals surface area contributed by atoms with Gasteiger partial charge in [0.1, 0.15) is 6.61 Å². The fraction of sp³-hybridized carbons (Fsp3) is 0.478. The largest absolute Gasteiger partial charge is 0.493 e. The summed E-state index contributed by atoms with van der Waals surface area (Å²) in [6.07, 6.45) is 1.16. The Morgan fingerprint density at radius 2 is 1.69 bits per heavy atom. The minimum Gasteiger partial charge on any atom is -0.493 e. The van der Waals surface area contributed by atoms with Crippen LogP contribution in [0.3, 0.4) is 0 Å². The van der Waals surface area contributed by atoms with Gasteiger partial charge in [-0.05, 0) is 68.3 Å². The molecule has 0 atom stereocenters. The highest BCUT2D eigenvalue weighted by atomic mass is 35.5. The molecule has 0 radical (unpaired) electrons. The number of methoxy groups -OCH3 is 1. The summed E-state index contributed by atoms with van der Waals surface area (Å²) in [5.74, 6) is 1.57. The molecule has 0 saturated heterocycles. The molecule has 1 N–H and O–H groups in total. The second kappa shape index (κ2) is 15.4. The zero-order valence-corrected chi connectivity index (χ0v) is 19.7. The lowest BCUT2D eigenvalue weighted by Gasteiger charge is -2.17. The number of aryl methyl sites for hydroxylation is 1. The lowest BCUT2D eigenvalue weighted by Crippen LogP contribution is -2.27. The first-order valence-corrected chi connectivity index (χ1v) is 9.95. The Kier molecular flexibility index (Phi) is 14.6. The molecule has 0 aromatic heterocycles. The Labute approximate surface area is 188 Å². The van der Waals surface area contributed by atoms with Gasteiger partial charge < -0.3 is 19.7 Å². The van der Waals surface area contributed by atoms with Crippen molar-refractivity contribution in [3.8, 4) is 11.5 Å². The van der Waals surface area contributed by atoms with E-state index in [2.05, 4.69) is 55.3 Å². The summed E-state index contributed by atoms with van der Waals surface area (Å²) in [5.41, 5.74) is 3.64. The Balaban J connectivity index is 0.00000392. The number of nitrogens with zero attached hydrogens (tertiary/aromatic N) is 1. The summed E-state index contributed by atoms with van der Waals surface area (Å²) in [6.45, 7) is 12.3. The summed E-state index contributed by atoms with van der Waals surface area (Å²) in [7, 11) is 1.69. The van der Waals surface area contributed by atoms with Crippen molar-refractivity contribution in [2.24, 2.45) is 0 Å². The number of hydrogen-bond acceptors (Lipinski definition) is 4. The molecule has 0 fully saturated rings. The topological polar surface area (TPSA) is 33.7 Å². The van der Waals surface area contributed by atoms with Crippen LogP contribution in [0.2, 0.25) is 0 Å². The molecule has 164 valence electrons. The smallest absolute Gasteiger partial charge is 0.161 e. The Hall–Kier alpha value is -1.46. The third kappa shape index (κ3) is 9.26. The van der Waals surface area contributed by atoms with E-state index in [1.54, 1.807) is 7.11 Å². The van der Waals surface area contributed by atoms with Crippen molar-refractivity contribution in [3.05, 3.63) is 59.2 Å². The van der Waals surface area contributed by atoms with Crippen LogP contribution < -0.4 is 14.8 Å². The summed E-state index contributed by atoms with van der Waals surface area (Å²) in [5, 5.41) is 3.52. The normalized spacial score (nSPS) is 10.2. The third-order valence-electron chi connectivity index (χ3n) is 4.92. The van der Waals surface area contributed by atoms with E-state index in [-0.39, 0.29) is 24.8 Å². The van der Waals surface area contributed by atoms with E-state index in [0.717, 1.165) is 50.6 Å². The first-order chi connectivity index (χ1) is 13.2. The first-order valence-electron chi connectivity index (χ1n) is 9.95. The quantitative estimate of drug-likeness (QED) is 0.455. The van der Waals surface area contributed by atoms with E-state index in [1.807, 2.05) is 18.2 Å². The maximum absolute atomic E-state index is 5.99. The van der Waals surface area contributed by atoms with Gasteiger partial charge in [-0.15, -0.1) is 24.8 Å². The molecule has 0 heterocycles. The molecule has 0 saturated carbocycles. The molecule has 6 heteroatoms. The summed E-state index contributed by atoms with van der Waals surface area (Å²) < 4.78 is 11.5. The predicted molar refractivity (Wildman–Crippen MR) is 127 cm³/mol. The van der Waals surface area contributed by atoms with Gasteiger partial charge in [-0.25, -0.2) is 0 Å². The number of rotatable bonds is 12. The highest BCUT2D eigenvalue weighted by Gasteiger charge is 2.07. The van der Waals surface area contributed by atoms with Crippen molar-refractivity contribution in [2.45, 2.75) is 40.3 Å². The van der Waals surface area contributed by atoms with Gasteiger partial charge in [-0.3, -0.25) is 0 Å². The van der Waals surface area contributed by atoms with Gasteiger partial charge in [0, 0.05) is 6.54 Å². The Morgan fingerprint density at radius 3 is 2.34 bits per heavy atom. The third-order valence-corrected chi connectivity index (χ3v) is 4.92. The molecule has 0 bridgehead atoms. The molecule has 2 aromatic rings. The maximum atomic E-state index is 5.99. The van der Waals surface area contributed by atoms with E-state index in [4.69, 9.17) is 9.47 Å². The van der Waals surface area contributed by atoms with E-state index < -0.39 is 0 Å². The average Bonchev–Trinajstić information content (AvgIpc) is 2.70. The van der Waals surface area contributed by atoms with Crippen LogP contribution in [-0.2, 0) is 13.2 Å². The zero-order chi connectivity index (χ0) is 19.5. The Bertz CT molecular complexity index is 694. The van der Waals surface area contributed by atoms with E-state index >= 15 is 0 Å². The van der Waals surface area contributed by atoms with Crippen molar-refractivity contribution >= 4 is 24.8 Å². The minimum absolute atomic E-state index is 0. The van der Waals surface area contributed by atoms with Crippen molar-refractivity contribution in [3.63, 3.8) is 0 Å². The van der Waals surface area contributed by atoms with Gasteiger partial charge >= 0.3 is 0 Å². The molecule has 0 aliphatic carbocycles. The van der Waals surface area contributed by atoms with Crippen LogP contribution >= 0.6 is 24.8 Å². The molecular weight excluding hydrogens is 407 g/mol. The zero-order valence-electron chi connectivity index (χ0n) is 18.1. The van der Waals surface area contributed by atoms with Gasteiger partial charge in [0.25, 0.3) is 0 Å². The summed E-state index contributed by atoms with van der Waals surface area (Å²) in [6, 6.07) is 14.5. The van der Waals surface area contributed by atoms with Gasteiger partial charge in [0.15, 0.2) is 11.5 Å². The molecular formula is C23H36Cl2N2O2. The first kappa shape index (κ1) is 27.5. The van der Waals surface area contributed by atoms with Crippen molar-refractivity contribution in [2.75, 3.05) is 33.3 Å². The lowest BCUT2D eigenvalue weighted by atomic mass is 10.1. The molecule has 0 amide bonds. The van der Waals surface area contributed by atoms with Crippen LogP contribution in [0.15, 0.2) is 42.5 Å². The molecule has 0 spiro atoms. The average molecular weight is 443 g/mol. The lowest BCUT2D eigenvalue weighted by molar-refractivity contribution is 0.283. The van der Waals surface area contributed by atoms with E-state index in [0.29, 0.717) is 6.61 Å². The monoisotopic (exact) mass is 442 g/mol. The summed E-state index contributed by atoms with van der Waals surface area (Å²) in [4.78, 5) is 2.45. The standard InChI is InChI=1S/C23H34N2O2.2ClH/c1-5-25(6-2)15-9-14-24-17-20-12-13-22(23(16-20)26-4)27-18-21-11-8-7-10-19(21)3;;/h7-8,10-13,16,24H,5-6,9,14-15,17-18H2,1-4H3;2*1H. The predicted octanol–water partition coefficient (Wildman–Crippen LogP) is 5.25. The van der Waals surface area contributed by atoms with Crippen LogP contribution in [0.1, 0.15) is 37.0 Å². The highest BCUT2D eigenvalue weighted by molar-refractivity contribution is 5.85. The van der Waals surface area contributed by atoms with Crippen LogP contribution in [-0.4, -0.2) is 38.2 Å². The molecule has 2 aromatic carbocycles. The number of nitrogens with one attached hydrogen (secondary N) is 1. The fourth-order valence-corrected chi connectivity index (χ4v) is 3.07. The molecule has 0 aliphatic rings. The number of hydrogen-bond donors (Lipinski definition) is 1. The second-order valence-corrected chi connectivity index (χ2v) is 6.76. The van der Waals surface area contributed by atoms with Crippen LogP contribution in [0.4, 0.5) is 0 Å². The van der Waals surface area contributed by atoms with E-state index in [9.17, 15) is 0 Å². The molecule has 0 aliphatic heterocycles. The maximum Gasteiger partial charge on any atom is 0.161 e.